The predicted octanol–water partition coefficient (Wildman–Crippen LogP) is 9.46. The summed E-state index contributed by atoms with van der Waals surface area (Å²) in [6.45, 7) is 4.25. The highest BCUT2D eigenvalue weighted by molar-refractivity contribution is 7.64. The van der Waals surface area contributed by atoms with E-state index in [1.165, 1.54) is 74.5 Å². The van der Waals surface area contributed by atoms with Gasteiger partial charge in [0.05, 0.1) is 0 Å². The molecule has 29 heavy (non-hydrogen) atoms. The Morgan fingerprint density at radius 2 is 1.10 bits per heavy atom. The number of benzene rings is 2. The van der Waals surface area contributed by atoms with E-state index >= 15 is 0 Å². The van der Waals surface area contributed by atoms with E-state index in [1.807, 2.05) is 6.07 Å². The number of aryl methyl sites for hydroxylation is 1. The van der Waals surface area contributed by atoms with Gasteiger partial charge in [0.2, 0.25) is 0 Å². The van der Waals surface area contributed by atoms with Crippen molar-refractivity contribution in [1.82, 2.24) is 0 Å². The summed E-state index contributed by atoms with van der Waals surface area (Å²) in [6.07, 6.45) is 12.6. The van der Waals surface area contributed by atoms with Gasteiger partial charge in [-0.3, -0.25) is 0 Å². The molecule has 2 aromatic carbocycles. The number of halogens is 3. The first-order valence-electron chi connectivity index (χ1n) is 10.9. The van der Waals surface area contributed by atoms with E-state index in [0.717, 1.165) is 18.0 Å². The minimum Gasteiger partial charge on any atom is -0.126 e. The molecule has 0 amide bonds. The smallest absolute Gasteiger partial charge is 0.126 e. The van der Waals surface area contributed by atoms with Crippen molar-refractivity contribution in [3.05, 3.63) is 77.9 Å². The summed E-state index contributed by atoms with van der Waals surface area (Å²) in [5.41, 5.74) is 4.90. The Hall–Kier alpha value is -0.733. The van der Waals surface area contributed by atoms with Gasteiger partial charge in [-0.2, -0.15) is 0 Å². The molecule has 0 aromatic heterocycles. The molecule has 0 aliphatic rings. The van der Waals surface area contributed by atoms with Crippen LogP contribution in [0.4, 0.5) is 0 Å². The largest absolute Gasteiger partial charge is 0.341 e. The zero-order valence-corrected chi connectivity index (χ0v) is 20.6. The van der Waals surface area contributed by atoms with Gasteiger partial charge in [0.1, 0.15) is 0 Å². The van der Waals surface area contributed by atoms with Crippen molar-refractivity contribution < 1.29 is 0 Å². The van der Waals surface area contributed by atoms with Crippen LogP contribution in [0.1, 0.15) is 74.5 Å². The standard InChI is InChI=1S/C25H33Cl3Si/c1-22(24-15-11-9-12-16-24)25-19-17-23(18-20-25)14-10-7-5-3-2-4-6-8-13-21-29(26,27)28/h9,11-12,15-20H,1-8,10,13-14,21H2. The average molecular weight is 468 g/mol. The Morgan fingerprint density at radius 3 is 1.66 bits per heavy atom. The van der Waals surface area contributed by atoms with Crippen molar-refractivity contribution in [2.75, 3.05) is 0 Å². The zero-order valence-electron chi connectivity index (χ0n) is 17.3. The van der Waals surface area contributed by atoms with E-state index < -0.39 is 6.00 Å². The van der Waals surface area contributed by atoms with Crippen molar-refractivity contribution in [1.29, 1.82) is 0 Å². The number of unbranched alkanes of at least 4 members (excludes halogenated alkanes) is 8. The monoisotopic (exact) mass is 466 g/mol. The average Bonchev–Trinajstić information content (AvgIpc) is 2.72. The highest BCUT2D eigenvalue weighted by Gasteiger charge is 2.23. The molecule has 0 spiro atoms. The van der Waals surface area contributed by atoms with Gasteiger partial charge < -0.3 is 0 Å². The van der Waals surface area contributed by atoms with Crippen LogP contribution in [0.3, 0.4) is 0 Å². The predicted molar refractivity (Wildman–Crippen MR) is 134 cm³/mol. The summed E-state index contributed by atoms with van der Waals surface area (Å²) < 4.78 is 0. The molecular formula is C25H33Cl3Si. The molecule has 0 saturated heterocycles. The second-order valence-electron chi connectivity index (χ2n) is 7.84. The summed E-state index contributed by atoms with van der Waals surface area (Å²) in [5.74, 6) is 0. The molecule has 0 nitrogen and oxygen atoms in total. The van der Waals surface area contributed by atoms with Crippen LogP contribution in [0.15, 0.2) is 61.2 Å². The van der Waals surface area contributed by atoms with Crippen LogP contribution >= 0.6 is 33.2 Å². The van der Waals surface area contributed by atoms with Gasteiger partial charge in [-0.15, -0.1) is 33.2 Å². The Morgan fingerprint density at radius 1 is 0.621 bits per heavy atom. The van der Waals surface area contributed by atoms with Crippen molar-refractivity contribution in [3.8, 4) is 0 Å². The summed E-state index contributed by atoms with van der Waals surface area (Å²) in [5, 5.41) is 0. The summed E-state index contributed by atoms with van der Waals surface area (Å²) in [6, 6.07) is 17.7. The van der Waals surface area contributed by atoms with E-state index in [0.29, 0.717) is 0 Å². The van der Waals surface area contributed by atoms with Crippen molar-refractivity contribution in [2.24, 2.45) is 0 Å². The Bertz CT molecular complexity index is 705. The molecule has 0 radical (unpaired) electrons. The minimum atomic E-state index is -2.39. The van der Waals surface area contributed by atoms with E-state index in [1.54, 1.807) is 0 Å². The lowest BCUT2D eigenvalue weighted by molar-refractivity contribution is 0.564. The van der Waals surface area contributed by atoms with Crippen LogP contribution in [-0.4, -0.2) is 6.00 Å². The SMILES string of the molecule is C=C(c1ccccc1)c1ccc(CCCCCCCCCCC[Si](Cl)(Cl)Cl)cc1. The Balaban J connectivity index is 1.52. The first-order valence-corrected chi connectivity index (χ1v) is 16.1. The number of hydrogen-bond acceptors (Lipinski definition) is 0. The molecule has 0 N–H and O–H groups in total. The van der Waals surface area contributed by atoms with Crippen molar-refractivity contribution >= 4 is 44.8 Å². The molecular weight excluding hydrogens is 435 g/mol. The molecule has 158 valence electrons. The Labute approximate surface area is 192 Å². The summed E-state index contributed by atoms with van der Waals surface area (Å²) in [4.78, 5) is 0. The third-order valence-corrected chi connectivity index (χ3v) is 7.97. The number of hydrogen-bond donors (Lipinski definition) is 0. The van der Waals surface area contributed by atoms with Crippen molar-refractivity contribution in [3.63, 3.8) is 0 Å². The second-order valence-corrected chi connectivity index (χ2v) is 17.1. The topological polar surface area (TPSA) is 0 Å². The van der Waals surface area contributed by atoms with E-state index in [9.17, 15) is 0 Å². The first kappa shape index (κ1) is 24.5. The van der Waals surface area contributed by atoms with Gasteiger partial charge >= 0.3 is 6.00 Å². The van der Waals surface area contributed by atoms with Crippen LogP contribution in [0, 0.1) is 0 Å². The fourth-order valence-corrected chi connectivity index (χ4v) is 5.42. The zero-order chi connectivity index (χ0) is 21.0. The van der Waals surface area contributed by atoms with Gasteiger partial charge in [-0.1, -0.05) is 113 Å². The van der Waals surface area contributed by atoms with Gasteiger partial charge in [0, 0.05) is 0 Å². The third kappa shape index (κ3) is 10.7. The molecule has 0 fully saturated rings. The fourth-order valence-electron chi connectivity index (χ4n) is 3.57. The summed E-state index contributed by atoms with van der Waals surface area (Å²) >= 11 is 17.7. The molecule has 0 heterocycles. The quantitative estimate of drug-likeness (QED) is 0.147. The van der Waals surface area contributed by atoms with Crippen LogP contribution in [-0.2, 0) is 6.42 Å². The lowest BCUT2D eigenvalue weighted by Gasteiger charge is -2.08. The molecule has 0 aliphatic heterocycles. The van der Waals surface area contributed by atoms with Crippen molar-refractivity contribution in [2.45, 2.75) is 70.3 Å². The lowest BCUT2D eigenvalue weighted by Crippen LogP contribution is -2.07. The molecule has 0 aliphatic carbocycles. The van der Waals surface area contributed by atoms with Crippen LogP contribution in [0.2, 0.25) is 6.04 Å². The molecule has 0 atom stereocenters. The molecule has 2 aromatic rings. The maximum absolute atomic E-state index is 5.90. The van der Waals surface area contributed by atoms with E-state index in [4.69, 9.17) is 33.2 Å². The number of rotatable bonds is 14. The van der Waals surface area contributed by atoms with Crippen LogP contribution in [0.5, 0.6) is 0 Å². The first-order chi connectivity index (χ1) is 14.0. The van der Waals surface area contributed by atoms with Crippen LogP contribution in [0.25, 0.3) is 5.57 Å². The highest BCUT2D eigenvalue weighted by atomic mass is 35.8. The molecule has 0 unspecified atom stereocenters. The van der Waals surface area contributed by atoms with Gasteiger partial charge in [-0.25, -0.2) is 0 Å². The maximum Gasteiger partial charge on any atom is 0.341 e. The molecule has 0 saturated carbocycles. The highest BCUT2D eigenvalue weighted by Crippen LogP contribution is 2.27. The molecule has 0 bridgehead atoms. The third-order valence-electron chi connectivity index (χ3n) is 5.35. The molecule has 2 rings (SSSR count). The van der Waals surface area contributed by atoms with E-state index in [2.05, 4.69) is 55.1 Å². The van der Waals surface area contributed by atoms with E-state index in [-0.39, 0.29) is 0 Å². The fraction of sp³-hybridized carbons (Fsp3) is 0.440. The summed E-state index contributed by atoms with van der Waals surface area (Å²) in [7, 11) is 0. The van der Waals surface area contributed by atoms with Crippen LogP contribution < -0.4 is 0 Å². The minimum absolute atomic E-state index is 0.805. The second kappa shape index (κ2) is 13.5. The molecule has 4 heteroatoms. The lowest BCUT2D eigenvalue weighted by atomic mass is 9.97. The normalized spacial score (nSPS) is 11.6. The van der Waals surface area contributed by atoms with Gasteiger partial charge in [0.25, 0.3) is 0 Å². The van der Waals surface area contributed by atoms with Gasteiger partial charge in [0.15, 0.2) is 0 Å². The Kier molecular flexibility index (Phi) is 11.5. The maximum atomic E-state index is 5.90. The van der Waals surface area contributed by atoms with Gasteiger partial charge in [-0.05, 0) is 41.1 Å².